The summed E-state index contributed by atoms with van der Waals surface area (Å²) >= 11 is 0. The van der Waals surface area contributed by atoms with E-state index in [1.165, 1.54) is 18.6 Å². The molecule has 13 heteroatoms. The summed E-state index contributed by atoms with van der Waals surface area (Å²) in [5.41, 5.74) is 1.56. The van der Waals surface area contributed by atoms with Crippen molar-refractivity contribution in [2.24, 2.45) is 13.0 Å². The number of aliphatic hydroxyl groups excluding tert-OH is 1. The average molecular weight is 643 g/mol. The Balaban J connectivity index is 1.64. The van der Waals surface area contributed by atoms with Crippen molar-refractivity contribution in [3.63, 3.8) is 0 Å². The highest BCUT2D eigenvalue weighted by Crippen LogP contribution is 2.29. The molecule has 4 atom stereocenters. The van der Waals surface area contributed by atoms with Crippen LogP contribution in [-0.4, -0.2) is 95.4 Å². The van der Waals surface area contributed by atoms with Crippen LogP contribution in [0.25, 0.3) is 0 Å². The molecular weight excluding hydrogens is 596 g/mol. The van der Waals surface area contributed by atoms with Crippen LogP contribution in [-0.2, 0) is 28.4 Å². The number of aliphatic hydroxyl groups is 1. The molecule has 1 aliphatic heterocycles. The summed E-state index contributed by atoms with van der Waals surface area (Å²) in [5, 5.41) is 10.1. The SMILES string of the molecule is C[C@@H]1CN([C@@H](C)CO)C(=O)c2cc(NS(=O)(=O)c3cn(C)cn3)ccc2O[C@@H](C)CCCCO[C@@H]1CN(C)Cc1ccncc1. The normalized spacial score (nSPS) is 21.1. The Labute approximate surface area is 266 Å². The van der Waals surface area contributed by atoms with Crippen LogP contribution in [0.1, 0.15) is 56.0 Å². The number of hydrogen-bond acceptors (Lipinski definition) is 9. The molecule has 1 amide bonds. The number of ether oxygens (including phenoxy) is 2. The van der Waals surface area contributed by atoms with Crippen LogP contribution in [0.4, 0.5) is 5.69 Å². The number of carbonyl (C=O) groups excluding carboxylic acids is 1. The lowest BCUT2D eigenvalue weighted by molar-refractivity contribution is -0.0177. The van der Waals surface area contributed by atoms with Crippen molar-refractivity contribution >= 4 is 21.6 Å². The third-order valence-electron chi connectivity index (χ3n) is 7.95. The van der Waals surface area contributed by atoms with Crippen LogP contribution in [0.15, 0.2) is 60.3 Å². The summed E-state index contributed by atoms with van der Waals surface area (Å²) < 4.78 is 42.8. The second kappa shape index (κ2) is 15.7. The molecule has 0 unspecified atom stereocenters. The molecule has 246 valence electrons. The van der Waals surface area contributed by atoms with Crippen LogP contribution < -0.4 is 9.46 Å². The molecule has 3 heterocycles. The second-order valence-corrected chi connectivity index (χ2v) is 13.7. The summed E-state index contributed by atoms with van der Waals surface area (Å²) in [6.07, 6.45) is 8.49. The number of nitrogens with zero attached hydrogens (tertiary/aromatic N) is 5. The summed E-state index contributed by atoms with van der Waals surface area (Å²) in [6, 6.07) is 8.16. The van der Waals surface area contributed by atoms with Crippen molar-refractivity contribution in [3.05, 3.63) is 66.4 Å². The predicted molar refractivity (Wildman–Crippen MR) is 171 cm³/mol. The molecule has 0 saturated heterocycles. The highest BCUT2D eigenvalue weighted by molar-refractivity contribution is 7.92. The summed E-state index contributed by atoms with van der Waals surface area (Å²) in [5.74, 6) is -0.0941. The minimum atomic E-state index is -3.99. The van der Waals surface area contributed by atoms with E-state index in [9.17, 15) is 18.3 Å². The van der Waals surface area contributed by atoms with Crippen LogP contribution in [0.2, 0.25) is 0 Å². The first-order valence-corrected chi connectivity index (χ1v) is 16.9. The second-order valence-electron chi connectivity index (χ2n) is 12.0. The van der Waals surface area contributed by atoms with E-state index in [0.29, 0.717) is 25.4 Å². The summed E-state index contributed by atoms with van der Waals surface area (Å²) in [7, 11) is -0.266. The Morgan fingerprint density at radius 3 is 2.62 bits per heavy atom. The molecule has 1 aliphatic rings. The molecule has 0 saturated carbocycles. The molecule has 0 fully saturated rings. The Morgan fingerprint density at radius 1 is 1.18 bits per heavy atom. The van der Waals surface area contributed by atoms with Crippen molar-refractivity contribution in [2.45, 2.75) is 69.9 Å². The lowest BCUT2D eigenvalue weighted by atomic mass is 10.0. The first-order chi connectivity index (χ1) is 21.5. The van der Waals surface area contributed by atoms with Gasteiger partial charge in [-0.2, -0.15) is 8.42 Å². The van der Waals surface area contributed by atoms with Gasteiger partial charge in [-0.05, 0) is 76.1 Å². The maximum atomic E-state index is 14.3. The molecular formula is C32H46N6O6S. The lowest BCUT2D eigenvalue weighted by Crippen LogP contribution is -2.47. The van der Waals surface area contributed by atoms with Gasteiger partial charge in [-0.25, -0.2) is 4.98 Å². The molecule has 0 radical (unpaired) electrons. The molecule has 12 nitrogen and oxygen atoms in total. The molecule has 45 heavy (non-hydrogen) atoms. The highest BCUT2D eigenvalue weighted by atomic mass is 32.2. The zero-order chi connectivity index (χ0) is 32.6. The first kappa shape index (κ1) is 34.4. The molecule has 2 aromatic heterocycles. The van der Waals surface area contributed by atoms with Gasteiger partial charge in [0.15, 0.2) is 5.03 Å². The minimum Gasteiger partial charge on any atom is -0.490 e. The van der Waals surface area contributed by atoms with Crippen molar-refractivity contribution in [3.8, 4) is 5.75 Å². The van der Waals surface area contributed by atoms with Crippen molar-refractivity contribution in [1.29, 1.82) is 0 Å². The van der Waals surface area contributed by atoms with Gasteiger partial charge in [-0.3, -0.25) is 19.4 Å². The number of rotatable bonds is 9. The van der Waals surface area contributed by atoms with Gasteiger partial charge in [0.1, 0.15) is 5.75 Å². The lowest BCUT2D eigenvalue weighted by Gasteiger charge is -2.36. The monoisotopic (exact) mass is 642 g/mol. The Kier molecular flexibility index (Phi) is 12.0. The van der Waals surface area contributed by atoms with E-state index in [1.54, 1.807) is 48.0 Å². The van der Waals surface area contributed by atoms with Gasteiger partial charge in [0, 0.05) is 63.5 Å². The Hall–Kier alpha value is -3.52. The molecule has 4 rings (SSSR count). The predicted octanol–water partition coefficient (Wildman–Crippen LogP) is 3.54. The highest BCUT2D eigenvalue weighted by Gasteiger charge is 2.31. The third-order valence-corrected chi connectivity index (χ3v) is 9.22. The van der Waals surface area contributed by atoms with Crippen LogP contribution >= 0.6 is 0 Å². The number of hydrogen-bond donors (Lipinski definition) is 2. The number of likely N-dealkylation sites (N-methyl/N-ethyl adjacent to an activating group) is 1. The Bertz CT molecular complexity index is 1500. The number of carbonyl (C=O) groups is 1. The number of fused-ring (bicyclic) bond motifs is 1. The number of benzene rings is 1. The van der Waals surface area contributed by atoms with E-state index < -0.39 is 16.1 Å². The molecule has 0 bridgehead atoms. The fraction of sp³-hybridized carbons (Fsp3) is 0.531. The first-order valence-electron chi connectivity index (χ1n) is 15.4. The number of anilines is 1. The van der Waals surface area contributed by atoms with Crippen LogP contribution in [0, 0.1) is 5.92 Å². The maximum Gasteiger partial charge on any atom is 0.280 e. The van der Waals surface area contributed by atoms with Crippen LogP contribution in [0.5, 0.6) is 5.75 Å². The van der Waals surface area contributed by atoms with E-state index >= 15 is 0 Å². The van der Waals surface area contributed by atoms with Gasteiger partial charge in [-0.1, -0.05) is 6.92 Å². The largest absolute Gasteiger partial charge is 0.490 e. The van der Waals surface area contributed by atoms with Gasteiger partial charge < -0.3 is 24.0 Å². The van der Waals surface area contributed by atoms with E-state index in [4.69, 9.17) is 9.47 Å². The van der Waals surface area contributed by atoms with Gasteiger partial charge in [0.25, 0.3) is 15.9 Å². The fourth-order valence-corrected chi connectivity index (χ4v) is 6.39. The number of nitrogens with one attached hydrogen (secondary N) is 1. The number of amides is 1. The quantitative estimate of drug-likeness (QED) is 0.359. The number of pyridine rings is 1. The van der Waals surface area contributed by atoms with Crippen molar-refractivity contribution in [1.82, 2.24) is 24.3 Å². The number of aryl methyl sites for hydroxylation is 1. The molecule has 1 aromatic carbocycles. The smallest absolute Gasteiger partial charge is 0.280 e. The van der Waals surface area contributed by atoms with E-state index in [0.717, 1.165) is 31.4 Å². The topological polar surface area (TPSA) is 139 Å². The third kappa shape index (κ3) is 9.49. The average Bonchev–Trinajstić information content (AvgIpc) is 3.46. The van der Waals surface area contributed by atoms with E-state index in [-0.39, 0.29) is 46.9 Å². The van der Waals surface area contributed by atoms with Gasteiger partial charge in [0.05, 0.1) is 36.7 Å². The number of imidazole rings is 1. The maximum absolute atomic E-state index is 14.3. The Morgan fingerprint density at radius 2 is 1.93 bits per heavy atom. The van der Waals surface area contributed by atoms with E-state index in [2.05, 4.69) is 26.5 Å². The molecule has 0 aliphatic carbocycles. The number of sulfonamides is 1. The summed E-state index contributed by atoms with van der Waals surface area (Å²) in [6.45, 7) is 7.82. The fourth-order valence-electron chi connectivity index (χ4n) is 5.36. The van der Waals surface area contributed by atoms with E-state index in [1.807, 2.05) is 26.1 Å². The zero-order valence-corrected chi connectivity index (χ0v) is 27.6. The minimum absolute atomic E-state index is 0.0834. The van der Waals surface area contributed by atoms with Gasteiger partial charge in [0.2, 0.25) is 0 Å². The zero-order valence-electron chi connectivity index (χ0n) is 26.8. The van der Waals surface area contributed by atoms with Gasteiger partial charge in [-0.15, -0.1) is 0 Å². The molecule has 0 spiro atoms. The van der Waals surface area contributed by atoms with Gasteiger partial charge >= 0.3 is 0 Å². The van der Waals surface area contributed by atoms with Crippen molar-refractivity contribution < 1.29 is 27.8 Å². The number of aromatic nitrogens is 3. The van der Waals surface area contributed by atoms with Crippen molar-refractivity contribution in [2.75, 3.05) is 38.1 Å². The van der Waals surface area contributed by atoms with Crippen LogP contribution in [0.3, 0.4) is 0 Å². The molecule has 3 aromatic rings. The summed E-state index contributed by atoms with van der Waals surface area (Å²) in [4.78, 5) is 26.2. The standard InChI is InChI=1S/C32H46N6O6S/c1-23-17-38(24(2)21-39)32(40)28-16-27(35-45(41,42)31-20-37(5)22-34-31)9-10-29(28)44-25(3)8-6-7-15-43-30(23)19-36(4)18-26-11-13-33-14-12-26/h9-14,16,20,22-25,30,35,39H,6-8,15,17-19,21H2,1-5H3/t23-,24+,25+,30-/m1/s1. The molecule has 2 N–H and O–H groups in total.